The maximum absolute atomic E-state index is 13.6. The average molecular weight is 373 g/mol. The molecule has 1 aliphatic carbocycles. The lowest BCUT2D eigenvalue weighted by Gasteiger charge is -2.09. The Morgan fingerprint density at radius 1 is 1.30 bits per heavy atom. The highest BCUT2D eigenvalue weighted by Crippen LogP contribution is 2.28. The zero-order valence-electron chi connectivity index (χ0n) is 14.8. The van der Waals surface area contributed by atoms with Crippen molar-refractivity contribution in [2.24, 2.45) is 0 Å². The van der Waals surface area contributed by atoms with Gasteiger partial charge in [0.2, 0.25) is 5.89 Å². The molecular formula is C18H17F2N5O2. The van der Waals surface area contributed by atoms with Gasteiger partial charge in [-0.1, -0.05) is 5.16 Å². The summed E-state index contributed by atoms with van der Waals surface area (Å²) in [6, 6.07) is 3.08. The van der Waals surface area contributed by atoms with Gasteiger partial charge in [0, 0.05) is 17.3 Å². The predicted molar refractivity (Wildman–Crippen MR) is 90.4 cm³/mol. The van der Waals surface area contributed by atoms with Gasteiger partial charge in [-0.25, -0.2) is 13.5 Å². The minimum atomic E-state index is -0.957. The van der Waals surface area contributed by atoms with Crippen LogP contribution >= 0.6 is 0 Å². The summed E-state index contributed by atoms with van der Waals surface area (Å²) in [5.41, 5.74) is 2.32. The summed E-state index contributed by atoms with van der Waals surface area (Å²) in [5, 5.41) is 10.9. The third-order valence-electron chi connectivity index (χ3n) is 4.55. The maximum atomic E-state index is 13.6. The molecule has 3 aromatic rings. The van der Waals surface area contributed by atoms with Crippen molar-refractivity contribution in [1.29, 1.82) is 0 Å². The molecule has 7 nitrogen and oxygen atoms in total. The van der Waals surface area contributed by atoms with Gasteiger partial charge in [0.05, 0.1) is 5.69 Å². The van der Waals surface area contributed by atoms with E-state index in [1.165, 1.54) is 10.7 Å². The lowest BCUT2D eigenvalue weighted by atomic mass is 10.2. The minimum absolute atomic E-state index is 0.273. The van der Waals surface area contributed by atoms with Gasteiger partial charge >= 0.3 is 0 Å². The first-order chi connectivity index (χ1) is 12.9. The number of aryl methyl sites for hydroxylation is 1. The Labute approximate surface area is 153 Å². The summed E-state index contributed by atoms with van der Waals surface area (Å²) in [6.07, 6.45) is 2.29. The van der Waals surface area contributed by atoms with Crippen molar-refractivity contribution in [3.8, 4) is 5.69 Å². The first kappa shape index (κ1) is 17.3. The topological polar surface area (TPSA) is 85.8 Å². The summed E-state index contributed by atoms with van der Waals surface area (Å²) in [5.74, 6) is -1.48. The normalized spacial score (nSPS) is 14.2. The van der Waals surface area contributed by atoms with Crippen molar-refractivity contribution < 1.29 is 18.1 Å². The Hall–Kier alpha value is -3.10. The average Bonchev–Trinajstić information content (AvgIpc) is 3.33. The standard InChI is InChI=1S/C18H17F2N5O2/c1-9(18-22-10(2)24-27-18)21-17(26)16-12-4-3-5-15(12)25(23-16)11-6-7-13(19)14(20)8-11/h6-9H,3-5H2,1-2H3,(H,21,26). The second kappa shape index (κ2) is 6.57. The van der Waals surface area contributed by atoms with E-state index in [0.717, 1.165) is 29.8 Å². The zero-order chi connectivity index (χ0) is 19.1. The molecule has 0 radical (unpaired) electrons. The van der Waals surface area contributed by atoms with Crippen LogP contribution in [0.15, 0.2) is 22.7 Å². The number of hydrogen-bond acceptors (Lipinski definition) is 5. The molecule has 0 aliphatic heterocycles. The number of nitrogens with zero attached hydrogens (tertiary/aromatic N) is 4. The van der Waals surface area contributed by atoms with Crippen molar-refractivity contribution in [3.05, 3.63) is 58.5 Å². The zero-order valence-corrected chi connectivity index (χ0v) is 14.8. The van der Waals surface area contributed by atoms with E-state index in [1.54, 1.807) is 13.8 Å². The van der Waals surface area contributed by atoms with Crippen molar-refractivity contribution in [3.63, 3.8) is 0 Å². The lowest BCUT2D eigenvalue weighted by molar-refractivity contribution is 0.0926. The molecule has 2 aromatic heterocycles. The van der Waals surface area contributed by atoms with E-state index in [9.17, 15) is 13.6 Å². The van der Waals surface area contributed by atoms with Crippen molar-refractivity contribution in [1.82, 2.24) is 25.2 Å². The molecule has 0 fully saturated rings. The summed E-state index contributed by atoms with van der Waals surface area (Å²) < 4.78 is 33.5. The highest BCUT2D eigenvalue weighted by atomic mass is 19.2. The van der Waals surface area contributed by atoms with Crippen LogP contribution in [0.1, 0.15) is 52.8 Å². The van der Waals surface area contributed by atoms with Crippen LogP contribution in [0.5, 0.6) is 0 Å². The van der Waals surface area contributed by atoms with Gasteiger partial charge < -0.3 is 9.84 Å². The number of nitrogens with one attached hydrogen (secondary N) is 1. The second-order valence-electron chi connectivity index (χ2n) is 6.51. The van der Waals surface area contributed by atoms with Crippen LogP contribution in [0, 0.1) is 18.6 Å². The molecule has 1 aliphatic rings. The first-order valence-electron chi connectivity index (χ1n) is 8.61. The van der Waals surface area contributed by atoms with E-state index in [-0.39, 0.29) is 11.6 Å². The number of hydrogen-bond donors (Lipinski definition) is 1. The quantitative estimate of drug-likeness (QED) is 0.760. The molecule has 1 N–H and O–H groups in total. The fourth-order valence-electron chi connectivity index (χ4n) is 3.27. The molecule has 1 atom stereocenters. The molecular weight excluding hydrogens is 356 g/mol. The molecule has 0 spiro atoms. The molecule has 27 heavy (non-hydrogen) atoms. The third kappa shape index (κ3) is 3.09. The predicted octanol–water partition coefficient (Wildman–Crippen LogP) is 2.82. The molecule has 0 bridgehead atoms. The van der Waals surface area contributed by atoms with Gasteiger partial charge in [-0.15, -0.1) is 0 Å². The molecule has 2 heterocycles. The Bertz CT molecular complexity index is 1030. The van der Waals surface area contributed by atoms with Crippen LogP contribution in [-0.2, 0) is 12.8 Å². The summed E-state index contributed by atoms with van der Waals surface area (Å²) in [4.78, 5) is 16.9. The number of amides is 1. The van der Waals surface area contributed by atoms with Crippen molar-refractivity contribution >= 4 is 5.91 Å². The molecule has 0 saturated carbocycles. The number of carbonyl (C=O) groups excluding carboxylic acids is 1. The molecule has 9 heteroatoms. The SMILES string of the molecule is Cc1noc(C(C)NC(=O)c2nn(-c3ccc(F)c(F)c3)c3c2CCC3)n1. The van der Waals surface area contributed by atoms with E-state index >= 15 is 0 Å². The fraction of sp³-hybridized carbons (Fsp3) is 0.333. The maximum Gasteiger partial charge on any atom is 0.272 e. The summed E-state index contributed by atoms with van der Waals surface area (Å²) >= 11 is 0. The van der Waals surface area contributed by atoms with Gasteiger partial charge in [-0.2, -0.15) is 10.1 Å². The van der Waals surface area contributed by atoms with E-state index in [1.807, 2.05) is 0 Å². The van der Waals surface area contributed by atoms with Crippen LogP contribution in [0.3, 0.4) is 0 Å². The highest BCUT2D eigenvalue weighted by molar-refractivity contribution is 5.94. The number of carbonyl (C=O) groups is 1. The van der Waals surface area contributed by atoms with Crippen molar-refractivity contribution in [2.75, 3.05) is 0 Å². The van der Waals surface area contributed by atoms with Gasteiger partial charge in [0.15, 0.2) is 23.2 Å². The Morgan fingerprint density at radius 3 is 2.81 bits per heavy atom. The smallest absolute Gasteiger partial charge is 0.272 e. The third-order valence-corrected chi connectivity index (χ3v) is 4.55. The fourth-order valence-corrected chi connectivity index (χ4v) is 3.27. The summed E-state index contributed by atoms with van der Waals surface area (Å²) in [6.45, 7) is 3.43. The number of halogens is 2. The van der Waals surface area contributed by atoms with E-state index in [4.69, 9.17) is 4.52 Å². The molecule has 1 aromatic carbocycles. The lowest BCUT2D eigenvalue weighted by Crippen LogP contribution is -2.28. The highest BCUT2D eigenvalue weighted by Gasteiger charge is 2.28. The van der Waals surface area contributed by atoms with Crippen LogP contribution in [0.25, 0.3) is 5.69 Å². The van der Waals surface area contributed by atoms with Gasteiger partial charge in [-0.05, 0) is 45.2 Å². The number of benzene rings is 1. The first-order valence-corrected chi connectivity index (χ1v) is 8.61. The van der Waals surface area contributed by atoms with Crippen LogP contribution in [-0.4, -0.2) is 25.8 Å². The minimum Gasteiger partial charge on any atom is -0.339 e. The Morgan fingerprint density at radius 2 is 2.11 bits per heavy atom. The van der Waals surface area contributed by atoms with E-state index < -0.39 is 17.7 Å². The number of aromatic nitrogens is 4. The van der Waals surface area contributed by atoms with E-state index in [2.05, 4.69) is 20.6 Å². The Kier molecular flexibility index (Phi) is 4.21. The van der Waals surface area contributed by atoms with Crippen LogP contribution < -0.4 is 5.32 Å². The molecule has 1 amide bonds. The van der Waals surface area contributed by atoms with Gasteiger partial charge in [0.25, 0.3) is 5.91 Å². The molecule has 1 unspecified atom stereocenters. The molecule has 0 saturated heterocycles. The number of fused-ring (bicyclic) bond motifs is 1. The monoisotopic (exact) mass is 373 g/mol. The largest absolute Gasteiger partial charge is 0.339 e. The molecule has 140 valence electrons. The number of rotatable bonds is 4. The van der Waals surface area contributed by atoms with Crippen molar-refractivity contribution in [2.45, 2.75) is 39.2 Å². The Balaban J connectivity index is 1.65. The summed E-state index contributed by atoms with van der Waals surface area (Å²) in [7, 11) is 0. The van der Waals surface area contributed by atoms with Crippen LogP contribution in [0.2, 0.25) is 0 Å². The second-order valence-corrected chi connectivity index (χ2v) is 6.51. The van der Waals surface area contributed by atoms with Gasteiger partial charge in [-0.3, -0.25) is 4.79 Å². The van der Waals surface area contributed by atoms with E-state index in [0.29, 0.717) is 30.2 Å². The van der Waals surface area contributed by atoms with Gasteiger partial charge in [0.1, 0.15) is 6.04 Å². The van der Waals surface area contributed by atoms with Crippen LogP contribution in [0.4, 0.5) is 8.78 Å². The molecule has 4 rings (SSSR count).